The molecule has 2 aliphatic carbocycles. The average Bonchev–Trinajstić information content (AvgIpc) is 2.67. The van der Waals surface area contributed by atoms with Crippen LogP contribution in [0.2, 0.25) is 0 Å². The lowest BCUT2D eigenvalue weighted by atomic mass is 9.61. The molecule has 2 N–H and O–H groups in total. The van der Waals surface area contributed by atoms with Gasteiger partial charge in [0.15, 0.2) is 11.4 Å². The smallest absolute Gasteiger partial charge is 0.341 e. The molecule has 5 heteroatoms. The molecule has 0 bridgehead atoms. The largest absolute Gasteiger partial charge is 0.455 e. The van der Waals surface area contributed by atoms with Crippen LogP contribution < -0.4 is 0 Å². The molecule has 1 saturated carbocycles. The van der Waals surface area contributed by atoms with Crippen LogP contribution in [0.4, 0.5) is 0 Å². The van der Waals surface area contributed by atoms with Gasteiger partial charge in [-0.25, -0.2) is 4.79 Å². The molecular formula is C15H18O5. The van der Waals surface area contributed by atoms with Gasteiger partial charge in [-0.1, -0.05) is 13.0 Å². The fourth-order valence-electron chi connectivity index (χ4n) is 3.78. The number of fused-ring (bicyclic) bond motifs is 3. The van der Waals surface area contributed by atoms with Gasteiger partial charge in [0.25, 0.3) is 0 Å². The maximum atomic E-state index is 11.9. The van der Waals surface area contributed by atoms with E-state index in [2.05, 4.69) is 0 Å². The topological polar surface area (TPSA) is 83.8 Å². The summed E-state index contributed by atoms with van der Waals surface area (Å²) in [5.74, 6) is -1.37. The fourth-order valence-corrected chi connectivity index (χ4v) is 3.78. The number of aliphatic hydroxyl groups excluding tert-OH is 1. The third-order valence-corrected chi connectivity index (χ3v) is 5.06. The highest BCUT2D eigenvalue weighted by molar-refractivity contribution is 6.05. The number of ether oxygens (including phenoxy) is 1. The predicted molar refractivity (Wildman–Crippen MR) is 69.6 cm³/mol. The number of carbonyl (C=O) groups excluding carboxylic acids is 2. The van der Waals surface area contributed by atoms with Crippen molar-refractivity contribution in [2.75, 3.05) is 6.61 Å². The number of hydrogen-bond donors (Lipinski definition) is 2. The van der Waals surface area contributed by atoms with E-state index in [0.29, 0.717) is 18.4 Å². The quantitative estimate of drug-likeness (QED) is 0.683. The number of hydrogen-bond acceptors (Lipinski definition) is 5. The Hall–Kier alpha value is -1.46. The summed E-state index contributed by atoms with van der Waals surface area (Å²) < 4.78 is 5.33. The maximum absolute atomic E-state index is 11.9. The summed E-state index contributed by atoms with van der Waals surface area (Å²) in [5, 5.41) is 19.7. The molecule has 0 spiro atoms. The summed E-state index contributed by atoms with van der Waals surface area (Å²) in [6.45, 7) is 3.08. The lowest BCUT2D eigenvalue weighted by Crippen LogP contribution is -2.49. The van der Waals surface area contributed by atoms with Crippen molar-refractivity contribution in [2.45, 2.75) is 38.4 Å². The first-order chi connectivity index (χ1) is 9.33. The summed E-state index contributed by atoms with van der Waals surface area (Å²) in [6, 6.07) is 0. The van der Waals surface area contributed by atoms with E-state index in [4.69, 9.17) is 4.74 Å². The van der Waals surface area contributed by atoms with Crippen molar-refractivity contribution >= 4 is 11.8 Å². The Balaban J connectivity index is 2.11. The van der Waals surface area contributed by atoms with Gasteiger partial charge in [-0.15, -0.1) is 0 Å². The van der Waals surface area contributed by atoms with Crippen LogP contribution in [-0.2, 0) is 14.3 Å². The Morgan fingerprint density at radius 1 is 1.45 bits per heavy atom. The van der Waals surface area contributed by atoms with Crippen LogP contribution in [-0.4, -0.2) is 40.3 Å². The molecule has 3 rings (SSSR count). The van der Waals surface area contributed by atoms with E-state index in [1.807, 2.05) is 13.0 Å². The van der Waals surface area contributed by atoms with E-state index in [0.717, 1.165) is 5.57 Å². The van der Waals surface area contributed by atoms with E-state index in [1.54, 1.807) is 13.0 Å². The molecule has 1 saturated heterocycles. The molecule has 4 atom stereocenters. The molecule has 0 radical (unpaired) electrons. The van der Waals surface area contributed by atoms with Crippen LogP contribution in [0.5, 0.6) is 0 Å². The van der Waals surface area contributed by atoms with E-state index in [-0.39, 0.29) is 11.2 Å². The Morgan fingerprint density at radius 2 is 2.15 bits per heavy atom. The van der Waals surface area contributed by atoms with Gasteiger partial charge in [0, 0.05) is 16.9 Å². The van der Waals surface area contributed by atoms with Gasteiger partial charge in [0.1, 0.15) is 6.10 Å². The van der Waals surface area contributed by atoms with Gasteiger partial charge in [0.2, 0.25) is 0 Å². The molecule has 1 aliphatic heterocycles. The summed E-state index contributed by atoms with van der Waals surface area (Å²) in [7, 11) is 0. The zero-order chi connectivity index (χ0) is 14.7. The molecule has 0 amide bonds. The second kappa shape index (κ2) is 4.02. The number of allylic oxidation sites excluding steroid dienone is 3. The Labute approximate surface area is 116 Å². The zero-order valence-electron chi connectivity index (χ0n) is 11.5. The number of rotatable bonds is 1. The number of esters is 1. The first-order valence-corrected chi connectivity index (χ1v) is 6.82. The highest BCUT2D eigenvalue weighted by atomic mass is 16.6. The maximum Gasteiger partial charge on any atom is 0.341 e. The summed E-state index contributed by atoms with van der Waals surface area (Å²) in [6.07, 6.45) is 4.09. The van der Waals surface area contributed by atoms with Gasteiger partial charge in [0.05, 0.1) is 6.61 Å². The minimum atomic E-state index is -1.84. The first-order valence-electron chi connectivity index (χ1n) is 6.82. The second-order valence-corrected chi connectivity index (χ2v) is 6.21. The Kier molecular flexibility index (Phi) is 2.72. The minimum Gasteiger partial charge on any atom is -0.455 e. The molecule has 3 aliphatic rings. The predicted octanol–water partition coefficient (Wildman–Crippen LogP) is 0.507. The van der Waals surface area contributed by atoms with Gasteiger partial charge in [-0.05, 0) is 31.4 Å². The van der Waals surface area contributed by atoms with Crippen LogP contribution in [0, 0.1) is 11.3 Å². The van der Waals surface area contributed by atoms with E-state index in [9.17, 15) is 19.8 Å². The highest BCUT2D eigenvalue weighted by Gasteiger charge is 2.61. The van der Waals surface area contributed by atoms with Gasteiger partial charge in [-0.3, -0.25) is 4.79 Å². The van der Waals surface area contributed by atoms with E-state index < -0.39 is 30.2 Å². The van der Waals surface area contributed by atoms with Crippen molar-refractivity contribution in [3.8, 4) is 0 Å². The molecular weight excluding hydrogens is 260 g/mol. The average molecular weight is 278 g/mol. The molecule has 0 aromatic rings. The molecule has 1 heterocycles. The second-order valence-electron chi connectivity index (χ2n) is 6.21. The number of ketones is 1. The normalized spacial score (nSPS) is 43.4. The molecule has 0 aromatic carbocycles. The number of aliphatic hydroxyl groups is 2. The summed E-state index contributed by atoms with van der Waals surface area (Å²) in [5.41, 5.74) is -0.803. The molecule has 5 nitrogen and oxygen atoms in total. The van der Waals surface area contributed by atoms with Crippen molar-refractivity contribution in [3.05, 3.63) is 23.3 Å². The van der Waals surface area contributed by atoms with Crippen molar-refractivity contribution in [2.24, 2.45) is 11.3 Å². The first kappa shape index (κ1) is 13.5. The van der Waals surface area contributed by atoms with Crippen LogP contribution in [0.25, 0.3) is 0 Å². The lowest BCUT2D eigenvalue weighted by Gasteiger charge is -2.43. The molecule has 0 aromatic heterocycles. The Bertz CT molecular complexity index is 561. The summed E-state index contributed by atoms with van der Waals surface area (Å²) in [4.78, 5) is 23.8. The monoisotopic (exact) mass is 278 g/mol. The molecule has 20 heavy (non-hydrogen) atoms. The van der Waals surface area contributed by atoms with Crippen molar-refractivity contribution in [1.82, 2.24) is 0 Å². The lowest BCUT2D eigenvalue weighted by molar-refractivity contribution is -0.158. The van der Waals surface area contributed by atoms with Crippen LogP contribution in [0.1, 0.15) is 26.7 Å². The zero-order valence-corrected chi connectivity index (χ0v) is 11.5. The minimum absolute atomic E-state index is 0.0892. The van der Waals surface area contributed by atoms with Crippen molar-refractivity contribution in [3.63, 3.8) is 0 Å². The van der Waals surface area contributed by atoms with Gasteiger partial charge >= 0.3 is 5.97 Å². The van der Waals surface area contributed by atoms with Crippen LogP contribution in [0.15, 0.2) is 23.3 Å². The fraction of sp³-hybridized carbons (Fsp3) is 0.600. The standard InChI is InChI=1S/C15H18O5/c1-8-10(17)4-6-14(2)5-3-9-12(11(8)14)20-13(18)15(9,19)7-16/h4,6,9,12,16,19H,3,5,7H2,1-2H3/t9-,12+,14+,15-/m1/s1. The van der Waals surface area contributed by atoms with Crippen molar-refractivity contribution in [1.29, 1.82) is 0 Å². The molecule has 0 unspecified atom stereocenters. The highest BCUT2D eigenvalue weighted by Crippen LogP contribution is 2.53. The van der Waals surface area contributed by atoms with Crippen LogP contribution >= 0.6 is 0 Å². The van der Waals surface area contributed by atoms with Crippen molar-refractivity contribution < 1.29 is 24.5 Å². The Morgan fingerprint density at radius 3 is 2.80 bits per heavy atom. The van der Waals surface area contributed by atoms with E-state index >= 15 is 0 Å². The SMILES string of the molecule is CC1=C2[C@H]3OC(=O)[C@@](O)(CO)[C@@H]3CC[C@@]2(C)C=CC1=O. The van der Waals surface area contributed by atoms with Crippen LogP contribution in [0.3, 0.4) is 0 Å². The van der Waals surface area contributed by atoms with Gasteiger partial charge in [-0.2, -0.15) is 0 Å². The third-order valence-electron chi connectivity index (χ3n) is 5.06. The number of carbonyl (C=O) groups is 2. The molecule has 2 fully saturated rings. The third kappa shape index (κ3) is 1.50. The summed E-state index contributed by atoms with van der Waals surface area (Å²) >= 11 is 0. The molecule has 108 valence electrons. The van der Waals surface area contributed by atoms with E-state index in [1.165, 1.54) is 0 Å². The van der Waals surface area contributed by atoms with Gasteiger partial charge < -0.3 is 14.9 Å².